The number of rotatable bonds is 5. The summed E-state index contributed by atoms with van der Waals surface area (Å²) in [5.74, 6) is -0.0737. The fraction of sp³-hybridized carbons (Fsp3) is 0.455. The first-order valence-electron chi connectivity index (χ1n) is 4.74. The molecule has 0 aliphatic rings. The Bertz CT molecular complexity index is 317. The van der Waals surface area contributed by atoms with Crippen molar-refractivity contribution in [3.8, 4) is 5.75 Å². The van der Waals surface area contributed by atoms with Gasteiger partial charge in [0, 0.05) is 24.6 Å². The first-order chi connectivity index (χ1) is 7.13. The first-order valence-corrected chi connectivity index (χ1v) is 5.53. The Morgan fingerprint density at radius 1 is 1.47 bits per heavy atom. The second kappa shape index (κ2) is 6.08. The van der Waals surface area contributed by atoms with Crippen LogP contribution in [0.1, 0.15) is 13.3 Å². The van der Waals surface area contributed by atoms with Gasteiger partial charge in [0.15, 0.2) is 11.6 Å². The van der Waals surface area contributed by atoms with E-state index >= 15 is 0 Å². The summed E-state index contributed by atoms with van der Waals surface area (Å²) in [5, 5.41) is 0. The molecular weight excluding hydrogens is 263 g/mol. The van der Waals surface area contributed by atoms with E-state index in [1.54, 1.807) is 19.2 Å². The van der Waals surface area contributed by atoms with Gasteiger partial charge in [0.25, 0.3) is 0 Å². The second-order valence-corrected chi connectivity index (χ2v) is 4.20. The molecule has 0 saturated carbocycles. The van der Waals surface area contributed by atoms with Crippen molar-refractivity contribution in [1.29, 1.82) is 0 Å². The summed E-state index contributed by atoms with van der Waals surface area (Å²) in [6, 6.07) is 4.64. The van der Waals surface area contributed by atoms with Gasteiger partial charge in [-0.2, -0.15) is 0 Å². The van der Waals surface area contributed by atoms with Crippen LogP contribution < -0.4 is 4.74 Å². The van der Waals surface area contributed by atoms with Gasteiger partial charge in [0.1, 0.15) is 0 Å². The van der Waals surface area contributed by atoms with E-state index in [4.69, 9.17) is 9.47 Å². The SMILES string of the molecule is COCCC(C)Oc1cc(Br)ccc1F. The van der Waals surface area contributed by atoms with Crippen molar-refractivity contribution >= 4 is 15.9 Å². The minimum atomic E-state index is -0.345. The third-order valence-electron chi connectivity index (χ3n) is 1.95. The summed E-state index contributed by atoms with van der Waals surface area (Å²) in [7, 11) is 1.63. The average Bonchev–Trinajstić information content (AvgIpc) is 2.20. The Balaban J connectivity index is 2.59. The molecule has 0 aromatic heterocycles. The van der Waals surface area contributed by atoms with Crippen LogP contribution in [0.2, 0.25) is 0 Å². The van der Waals surface area contributed by atoms with Crippen molar-refractivity contribution in [1.82, 2.24) is 0 Å². The van der Waals surface area contributed by atoms with E-state index in [9.17, 15) is 4.39 Å². The summed E-state index contributed by atoms with van der Waals surface area (Å²) in [6.45, 7) is 2.50. The van der Waals surface area contributed by atoms with Crippen molar-refractivity contribution < 1.29 is 13.9 Å². The molecule has 15 heavy (non-hydrogen) atoms. The van der Waals surface area contributed by atoms with Crippen LogP contribution in [-0.4, -0.2) is 19.8 Å². The largest absolute Gasteiger partial charge is 0.488 e. The molecule has 0 amide bonds. The van der Waals surface area contributed by atoms with Crippen molar-refractivity contribution in [2.45, 2.75) is 19.4 Å². The summed E-state index contributed by atoms with van der Waals surface area (Å²) in [6.07, 6.45) is 0.677. The normalized spacial score (nSPS) is 12.5. The van der Waals surface area contributed by atoms with Gasteiger partial charge in [-0.3, -0.25) is 0 Å². The van der Waals surface area contributed by atoms with E-state index in [2.05, 4.69) is 15.9 Å². The van der Waals surface area contributed by atoms with E-state index in [1.165, 1.54) is 6.07 Å². The average molecular weight is 277 g/mol. The molecule has 1 aromatic carbocycles. The Morgan fingerprint density at radius 3 is 2.87 bits per heavy atom. The van der Waals surface area contributed by atoms with Crippen molar-refractivity contribution in [3.05, 3.63) is 28.5 Å². The van der Waals surface area contributed by atoms with E-state index in [-0.39, 0.29) is 17.7 Å². The van der Waals surface area contributed by atoms with Crippen LogP contribution in [0.5, 0.6) is 5.75 Å². The lowest BCUT2D eigenvalue weighted by molar-refractivity contribution is 0.132. The lowest BCUT2D eigenvalue weighted by atomic mass is 10.3. The zero-order chi connectivity index (χ0) is 11.3. The molecule has 0 aliphatic heterocycles. The van der Waals surface area contributed by atoms with Crippen LogP contribution in [0.3, 0.4) is 0 Å². The van der Waals surface area contributed by atoms with Crippen LogP contribution in [-0.2, 0) is 4.74 Å². The zero-order valence-corrected chi connectivity index (χ0v) is 10.4. The Labute approximate surface area is 97.5 Å². The summed E-state index contributed by atoms with van der Waals surface area (Å²) in [5.41, 5.74) is 0. The van der Waals surface area contributed by atoms with Crippen molar-refractivity contribution in [3.63, 3.8) is 0 Å². The lowest BCUT2D eigenvalue weighted by Crippen LogP contribution is -2.14. The Morgan fingerprint density at radius 2 is 2.20 bits per heavy atom. The minimum absolute atomic E-state index is 0.0613. The molecule has 1 rings (SSSR count). The van der Waals surface area contributed by atoms with Crippen molar-refractivity contribution in [2.24, 2.45) is 0 Å². The van der Waals surface area contributed by atoms with Gasteiger partial charge in [-0.15, -0.1) is 0 Å². The molecule has 0 heterocycles. The molecule has 0 spiro atoms. The topological polar surface area (TPSA) is 18.5 Å². The van der Waals surface area contributed by atoms with Crippen LogP contribution in [0.4, 0.5) is 4.39 Å². The molecule has 1 aromatic rings. The van der Waals surface area contributed by atoms with Crippen LogP contribution >= 0.6 is 15.9 Å². The monoisotopic (exact) mass is 276 g/mol. The predicted molar refractivity (Wildman–Crippen MR) is 60.7 cm³/mol. The van der Waals surface area contributed by atoms with Crippen LogP contribution in [0, 0.1) is 5.82 Å². The highest BCUT2D eigenvalue weighted by Gasteiger charge is 2.08. The predicted octanol–water partition coefficient (Wildman–Crippen LogP) is 3.39. The van der Waals surface area contributed by atoms with Crippen LogP contribution in [0.25, 0.3) is 0 Å². The summed E-state index contributed by atoms with van der Waals surface area (Å²) < 4.78 is 24.4. The summed E-state index contributed by atoms with van der Waals surface area (Å²) in [4.78, 5) is 0. The zero-order valence-electron chi connectivity index (χ0n) is 8.80. The molecule has 0 N–H and O–H groups in total. The molecular formula is C11H14BrFO2. The van der Waals surface area contributed by atoms with Gasteiger partial charge in [-0.1, -0.05) is 15.9 Å². The minimum Gasteiger partial charge on any atom is -0.488 e. The first kappa shape index (κ1) is 12.5. The second-order valence-electron chi connectivity index (χ2n) is 3.28. The molecule has 2 nitrogen and oxygen atoms in total. The molecule has 4 heteroatoms. The number of halogens is 2. The summed E-state index contributed by atoms with van der Waals surface area (Å²) >= 11 is 3.27. The Hall–Kier alpha value is -0.610. The standard InChI is InChI=1S/C11H14BrFO2/c1-8(5-6-14-2)15-11-7-9(12)3-4-10(11)13/h3-4,7-8H,5-6H2,1-2H3. The fourth-order valence-electron chi connectivity index (χ4n) is 1.13. The fourth-order valence-corrected chi connectivity index (χ4v) is 1.47. The Kier molecular flexibility index (Phi) is 5.05. The van der Waals surface area contributed by atoms with Gasteiger partial charge in [0.05, 0.1) is 6.10 Å². The van der Waals surface area contributed by atoms with Gasteiger partial charge >= 0.3 is 0 Å². The smallest absolute Gasteiger partial charge is 0.165 e. The molecule has 0 saturated heterocycles. The number of benzene rings is 1. The number of methoxy groups -OCH3 is 1. The van der Waals surface area contributed by atoms with Gasteiger partial charge in [-0.25, -0.2) is 4.39 Å². The molecule has 0 fully saturated rings. The number of ether oxygens (including phenoxy) is 2. The molecule has 0 bridgehead atoms. The quantitative estimate of drug-likeness (QED) is 0.821. The molecule has 0 radical (unpaired) electrons. The van der Waals surface area contributed by atoms with Crippen LogP contribution in [0.15, 0.2) is 22.7 Å². The highest BCUT2D eigenvalue weighted by atomic mass is 79.9. The molecule has 84 valence electrons. The van der Waals surface area contributed by atoms with Gasteiger partial charge in [-0.05, 0) is 25.1 Å². The van der Waals surface area contributed by atoms with E-state index in [1.807, 2.05) is 6.92 Å². The number of hydrogen-bond acceptors (Lipinski definition) is 2. The molecule has 1 atom stereocenters. The maximum atomic E-state index is 13.3. The highest BCUT2D eigenvalue weighted by molar-refractivity contribution is 9.10. The number of hydrogen-bond donors (Lipinski definition) is 0. The van der Waals surface area contributed by atoms with Gasteiger partial charge < -0.3 is 9.47 Å². The molecule has 0 aliphatic carbocycles. The van der Waals surface area contributed by atoms with E-state index in [0.29, 0.717) is 6.61 Å². The maximum absolute atomic E-state index is 13.3. The van der Waals surface area contributed by atoms with E-state index < -0.39 is 0 Å². The van der Waals surface area contributed by atoms with E-state index in [0.717, 1.165) is 10.9 Å². The maximum Gasteiger partial charge on any atom is 0.165 e. The highest BCUT2D eigenvalue weighted by Crippen LogP contribution is 2.23. The van der Waals surface area contributed by atoms with Crippen molar-refractivity contribution in [2.75, 3.05) is 13.7 Å². The molecule has 1 unspecified atom stereocenters. The van der Waals surface area contributed by atoms with Gasteiger partial charge in [0.2, 0.25) is 0 Å². The lowest BCUT2D eigenvalue weighted by Gasteiger charge is -2.14. The third-order valence-corrected chi connectivity index (χ3v) is 2.44. The third kappa shape index (κ3) is 4.18.